The van der Waals surface area contributed by atoms with Gasteiger partial charge < -0.3 is 14.8 Å². The molecule has 1 N–H and O–H groups in total. The molecule has 5 nitrogen and oxygen atoms in total. The van der Waals surface area contributed by atoms with Crippen LogP contribution in [0.15, 0.2) is 82.7 Å². The lowest BCUT2D eigenvalue weighted by Gasteiger charge is -2.16. The summed E-state index contributed by atoms with van der Waals surface area (Å²) in [5.74, 6) is 1.26. The molecule has 0 amide bonds. The van der Waals surface area contributed by atoms with Gasteiger partial charge in [-0.2, -0.15) is 0 Å². The molecule has 1 atom stereocenters. The van der Waals surface area contributed by atoms with Crippen LogP contribution in [0.2, 0.25) is 0 Å². The van der Waals surface area contributed by atoms with Crippen LogP contribution in [0.5, 0.6) is 11.5 Å². The van der Waals surface area contributed by atoms with Crippen molar-refractivity contribution in [3.8, 4) is 11.5 Å². The fraction of sp³-hybridized carbons (Fsp3) is 0.125. The second kappa shape index (κ2) is 8.55. The fourth-order valence-electron chi connectivity index (χ4n) is 3.24. The number of ether oxygens (including phenoxy) is 2. The van der Waals surface area contributed by atoms with Gasteiger partial charge in [0.15, 0.2) is 11.5 Å². The van der Waals surface area contributed by atoms with E-state index in [4.69, 9.17) is 9.47 Å². The van der Waals surface area contributed by atoms with Crippen molar-refractivity contribution in [3.05, 3.63) is 78.5 Å². The van der Waals surface area contributed by atoms with Crippen molar-refractivity contribution >= 4 is 33.1 Å². The van der Waals surface area contributed by atoms with Gasteiger partial charge in [0.25, 0.3) is 0 Å². The van der Waals surface area contributed by atoms with Gasteiger partial charge in [-0.25, -0.2) is 4.21 Å². The highest BCUT2D eigenvalue weighted by molar-refractivity contribution is 7.85. The minimum absolute atomic E-state index is 0.613. The Labute approximate surface area is 178 Å². The number of fused-ring (bicyclic) bond motifs is 1. The molecule has 4 aromatic rings. The Morgan fingerprint density at radius 3 is 2.37 bits per heavy atom. The summed E-state index contributed by atoms with van der Waals surface area (Å²) < 4.78 is 24.2. The monoisotopic (exact) mass is 418 g/mol. The van der Waals surface area contributed by atoms with Gasteiger partial charge in [-0.3, -0.25) is 4.98 Å². The summed E-state index contributed by atoms with van der Waals surface area (Å²) in [6.45, 7) is 2.01. The maximum atomic E-state index is 13.4. The number of methoxy groups -OCH3 is 2. The highest BCUT2D eigenvalue weighted by Gasteiger charge is 2.17. The third-order valence-electron chi connectivity index (χ3n) is 4.83. The molecule has 0 spiro atoms. The summed E-state index contributed by atoms with van der Waals surface area (Å²) in [5, 5.41) is 4.33. The Morgan fingerprint density at radius 1 is 0.900 bits per heavy atom. The first-order valence-corrected chi connectivity index (χ1v) is 10.6. The third kappa shape index (κ3) is 3.86. The first kappa shape index (κ1) is 19.9. The number of aryl methyl sites for hydroxylation is 1. The molecule has 152 valence electrons. The van der Waals surface area contributed by atoms with Crippen LogP contribution in [-0.2, 0) is 10.8 Å². The van der Waals surface area contributed by atoms with Crippen molar-refractivity contribution in [2.45, 2.75) is 16.7 Å². The number of hydrogen-bond acceptors (Lipinski definition) is 5. The summed E-state index contributed by atoms with van der Waals surface area (Å²) in [6.07, 6.45) is 1.68. The molecule has 0 fully saturated rings. The molecular formula is C24H22N2O3S. The van der Waals surface area contributed by atoms with Crippen LogP contribution < -0.4 is 14.8 Å². The quantitative estimate of drug-likeness (QED) is 0.450. The molecule has 0 aliphatic heterocycles. The van der Waals surface area contributed by atoms with Gasteiger partial charge in [0.1, 0.15) is 0 Å². The number of pyridine rings is 1. The molecule has 0 aliphatic rings. The average molecular weight is 419 g/mol. The zero-order valence-corrected chi connectivity index (χ0v) is 17.8. The molecule has 3 aromatic carbocycles. The number of hydrogen-bond donors (Lipinski definition) is 1. The maximum absolute atomic E-state index is 13.4. The van der Waals surface area contributed by atoms with Crippen molar-refractivity contribution in [1.29, 1.82) is 0 Å². The van der Waals surface area contributed by atoms with E-state index in [2.05, 4.69) is 10.3 Å². The maximum Gasteiger partial charge on any atom is 0.162 e. The van der Waals surface area contributed by atoms with Crippen molar-refractivity contribution in [2.75, 3.05) is 19.5 Å². The summed E-state index contributed by atoms with van der Waals surface area (Å²) in [4.78, 5) is 5.88. The third-order valence-corrected chi connectivity index (χ3v) is 6.24. The highest BCUT2D eigenvalue weighted by Crippen LogP contribution is 2.36. The molecule has 0 aliphatic carbocycles. The molecule has 1 aromatic heterocycles. The normalized spacial score (nSPS) is 11.8. The SMILES string of the molecule is COc1ccc(Nc2c(S(=O)c3ccc(C)cc3)cnc3ccccc23)cc1OC. The number of rotatable bonds is 6. The van der Waals surface area contributed by atoms with Crippen molar-refractivity contribution in [2.24, 2.45) is 0 Å². The van der Waals surface area contributed by atoms with Crippen LogP contribution >= 0.6 is 0 Å². The van der Waals surface area contributed by atoms with Gasteiger partial charge in [0.2, 0.25) is 0 Å². The van der Waals surface area contributed by atoms with Gasteiger partial charge in [-0.1, -0.05) is 35.9 Å². The van der Waals surface area contributed by atoms with E-state index in [1.54, 1.807) is 20.4 Å². The molecule has 0 saturated carbocycles. The van der Waals surface area contributed by atoms with Crippen LogP contribution in [0.3, 0.4) is 0 Å². The predicted octanol–water partition coefficient (Wildman–Crippen LogP) is 5.47. The Balaban J connectivity index is 1.84. The highest BCUT2D eigenvalue weighted by atomic mass is 32.2. The Hall–Kier alpha value is -3.38. The zero-order valence-electron chi connectivity index (χ0n) is 17.0. The number of anilines is 2. The van der Waals surface area contributed by atoms with E-state index in [0.29, 0.717) is 16.4 Å². The Kier molecular flexibility index (Phi) is 5.68. The molecule has 1 heterocycles. The molecule has 1 unspecified atom stereocenters. The van der Waals surface area contributed by atoms with Crippen molar-refractivity contribution in [3.63, 3.8) is 0 Å². The van der Waals surface area contributed by atoms with E-state index < -0.39 is 10.8 Å². The van der Waals surface area contributed by atoms with E-state index in [0.717, 1.165) is 32.7 Å². The largest absolute Gasteiger partial charge is 0.493 e. The number of nitrogens with one attached hydrogen (secondary N) is 1. The average Bonchev–Trinajstić information content (AvgIpc) is 2.79. The minimum Gasteiger partial charge on any atom is -0.493 e. The Morgan fingerprint density at radius 2 is 1.63 bits per heavy atom. The van der Waals surface area contributed by atoms with Crippen LogP contribution in [-0.4, -0.2) is 23.4 Å². The van der Waals surface area contributed by atoms with Crippen LogP contribution in [0.4, 0.5) is 11.4 Å². The molecule has 0 radical (unpaired) electrons. The Bertz CT molecular complexity index is 1220. The predicted molar refractivity (Wildman–Crippen MR) is 120 cm³/mol. The van der Waals surface area contributed by atoms with Gasteiger partial charge in [0.05, 0.1) is 41.1 Å². The van der Waals surface area contributed by atoms with E-state index >= 15 is 0 Å². The molecule has 6 heteroatoms. The number of aromatic nitrogens is 1. The van der Waals surface area contributed by atoms with Crippen molar-refractivity contribution in [1.82, 2.24) is 4.98 Å². The summed E-state index contributed by atoms with van der Waals surface area (Å²) in [5.41, 5.74) is 3.50. The lowest BCUT2D eigenvalue weighted by molar-refractivity contribution is 0.355. The van der Waals surface area contributed by atoms with Gasteiger partial charge in [0, 0.05) is 28.2 Å². The summed E-state index contributed by atoms with van der Waals surface area (Å²) >= 11 is 0. The molecule has 4 rings (SSSR count). The van der Waals surface area contributed by atoms with E-state index in [9.17, 15) is 4.21 Å². The lowest BCUT2D eigenvalue weighted by Crippen LogP contribution is -2.02. The second-order valence-electron chi connectivity index (χ2n) is 6.79. The standard InChI is InChI=1S/C24H22N2O3S/c1-16-8-11-18(12-9-16)30(27)23-15-25-20-7-5-4-6-19(20)24(23)26-17-10-13-21(28-2)22(14-17)29-3/h4-15H,1-3H3,(H,25,26). The number of para-hydroxylation sites is 1. The summed E-state index contributed by atoms with van der Waals surface area (Å²) in [7, 11) is 1.81. The van der Waals surface area contributed by atoms with Gasteiger partial charge in [-0.15, -0.1) is 0 Å². The topological polar surface area (TPSA) is 60.5 Å². The fourth-order valence-corrected chi connectivity index (χ4v) is 4.37. The molecule has 30 heavy (non-hydrogen) atoms. The smallest absolute Gasteiger partial charge is 0.162 e. The van der Waals surface area contributed by atoms with E-state index in [-0.39, 0.29) is 0 Å². The summed E-state index contributed by atoms with van der Waals surface area (Å²) in [6, 6.07) is 21.1. The van der Waals surface area contributed by atoms with Crippen LogP contribution in [0.25, 0.3) is 10.9 Å². The second-order valence-corrected chi connectivity index (χ2v) is 8.24. The van der Waals surface area contributed by atoms with Gasteiger partial charge >= 0.3 is 0 Å². The number of benzene rings is 3. The van der Waals surface area contributed by atoms with Crippen molar-refractivity contribution < 1.29 is 13.7 Å². The van der Waals surface area contributed by atoms with E-state index in [1.165, 1.54) is 0 Å². The molecule has 0 bridgehead atoms. The van der Waals surface area contributed by atoms with E-state index in [1.807, 2.05) is 73.7 Å². The number of nitrogens with zero attached hydrogens (tertiary/aromatic N) is 1. The van der Waals surface area contributed by atoms with Crippen LogP contribution in [0, 0.1) is 6.92 Å². The minimum atomic E-state index is -1.39. The zero-order chi connectivity index (χ0) is 21.1. The molecule has 0 saturated heterocycles. The lowest BCUT2D eigenvalue weighted by atomic mass is 10.1. The first-order chi connectivity index (χ1) is 14.6. The first-order valence-electron chi connectivity index (χ1n) is 9.46. The van der Waals surface area contributed by atoms with Gasteiger partial charge in [-0.05, 0) is 37.3 Å². The molecular weight excluding hydrogens is 396 g/mol. The van der Waals surface area contributed by atoms with Crippen LogP contribution in [0.1, 0.15) is 5.56 Å².